The van der Waals surface area contributed by atoms with Crippen LogP contribution >= 0.6 is 58.0 Å². The monoisotopic (exact) mass is 793 g/mol. The summed E-state index contributed by atoms with van der Waals surface area (Å²) < 4.78 is 39.7. The van der Waals surface area contributed by atoms with Gasteiger partial charge >= 0.3 is 6.09 Å². The van der Waals surface area contributed by atoms with Crippen molar-refractivity contribution in [1.29, 1.82) is 0 Å². The van der Waals surface area contributed by atoms with E-state index in [0.29, 0.717) is 27.1 Å². The van der Waals surface area contributed by atoms with Gasteiger partial charge in [0.15, 0.2) is 0 Å². The van der Waals surface area contributed by atoms with Crippen LogP contribution in [0.15, 0.2) is 42.5 Å². The zero-order valence-corrected chi connectivity index (χ0v) is 31.6. The van der Waals surface area contributed by atoms with Crippen LogP contribution in [0.1, 0.15) is 68.9 Å². The first-order chi connectivity index (χ1) is 22.9. The average molecular weight is 796 g/mol. The number of carbonyl (C=O) groups is 3. The Morgan fingerprint density at radius 2 is 1.54 bits per heavy atom. The van der Waals surface area contributed by atoms with Gasteiger partial charge in [0.1, 0.15) is 21.6 Å². The lowest BCUT2D eigenvalue weighted by Gasteiger charge is -2.34. The average Bonchev–Trinajstić information content (AvgIpc) is 3.54. The Balaban J connectivity index is 1.62. The fourth-order valence-electron chi connectivity index (χ4n) is 5.00. The topological polar surface area (TPSA) is 117 Å². The molecule has 4 rings (SSSR count). The molecule has 1 aliphatic carbocycles. The SMILES string of the molecule is Cc1cc(NC(=O)[C@H]2[C@H](c3ccc(Cl)c(Cl)c3)C2(Cl)Cl)cc(C(=O)Nc2cc(N(C(=O)OC(C)(C)C)C(O)OC(C)(C)C)c(F)cc2F)c1Cl. The molecule has 0 saturated heterocycles. The highest BCUT2D eigenvalue weighted by molar-refractivity contribution is 6.53. The van der Waals surface area contributed by atoms with Crippen LogP contribution in [-0.4, -0.2) is 45.0 Å². The number of aryl methyl sites for hydroxylation is 1. The Morgan fingerprint density at radius 1 is 0.900 bits per heavy atom. The van der Waals surface area contributed by atoms with Gasteiger partial charge in [0, 0.05) is 17.7 Å². The molecule has 0 bridgehead atoms. The zero-order valence-electron chi connectivity index (χ0n) is 27.9. The van der Waals surface area contributed by atoms with Crippen LogP contribution in [0, 0.1) is 24.5 Å². The number of alkyl halides is 2. The number of anilines is 3. The third-order valence-corrected chi connectivity index (χ3v) is 9.40. The standard InChI is InChI=1S/C34H34Cl5F2N3O6/c1-15-10-17(42-29(46)26-25(34(26,38)39)16-8-9-19(35)20(36)11-16)12-18(27(15)37)28(45)43-23-14-24(22(41)13-21(23)40)44(30(47)49-32(2,3)4)31(48)50-33(5,6)7/h8-14,25-26,30,47H,1-7H3,(H,42,46)(H,43,45)/t25-,26+,30?/m0/s1. The van der Waals surface area contributed by atoms with Crippen molar-refractivity contribution in [3.05, 3.63) is 85.9 Å². The summed E-state index contributed by atoms with van der Waals surface area (Å²) in [5, 5.41) is 16.4. The second-order valence-corrected chi connectivity index (χ2v) is 16.2. The van der Waals surface area contributed by atoms with E-state index in [1.54, 1.807) is 66.7 Å². The van der Waals surface area contributed by atoms with Crippen LogP contribution in [0.25, 0.3) is 0 Å². The Hall–Kier alpha value is -2.90. The summed E-state index contributed by atoms with van der Waals surface area (Å²) in [5.41, 5.74) is -2.41. The first kappa shape index (κ1) is 39.9. The quantitative estimate of drug-likeness (QED) is 0.154. The molecule has 3 N–H and O–H groups in total. The Morgan fingerprint density at radius 3 is 2.12 bits per heavy atom. The molecule has 50 heavy (non-hydrogen) atoms. The molecular weight excluding hydrogens is 762 g/mol. The van der Waals surface area contributed by atoms with Gasteiger partial charge in [-0.15, -0.1) is 23.2 Å². The molecule has 0 aliphatic heterocycles. The van der Waals surface area contributed by atoms with E-state index in [9.17, 15) is 19.5 Å². The number of hydrogen-bond donors (Lipinski definition) is 3. The van der Waals surface area contributed by atoms with Gasteiger partial charge in [-0.05, 0) is 89.9 Å². The molecule has 0 radical (unpaired) electrons. The van der Waals surface area contributed by atoms with Crippen molar-refractivity contribution >= 4 is 93.0 Å². The van der Waals surface area contributed by atoms with Crippen molar-refractivity contribution in [2.45, 2.75) is 76.3 Å². The second kappa shape index (κ2) is 14.6. The maximum atomic E-state index is 15.3. The molecule has 0 aromatic heterocycles. The number of ether oxygens (including phenoxy) is 2. The van der Waals surface area contributed by atoms with Gasteiger partial charge in [-0.1, -0.05) is 40.9 Å². The minimum Gasteiger partial charge on any atom is -0.443 e. The predicted octanol–water partition coefficient (Wildman–Crippen LogP) is 9.84. The molecule has 16 heteroatoms. The number of hydrogen-bond acceptors (Lipinski definition) is 6. The predicted molar refractivity (Wildman–Crippen MR) is 192 cm³/mol. The van der Waals surface area contributed by atoms with Crippen LogP contribution in [0.4, 0.5) is 30.6 Å². The smallest absolute Gasteiger partial charge is 0.418 e. The van der Waals surface area contributed by atoms with E-state index < -0.39 is 74.7 Å². The third kappa shape index (κ3) is 9.11. The molecule has 0 heterocycles. The molecule has 1 saturated carbocycles. The summed E-state index contributed by atoms with van der Waals surface area (Å²) in [4.78, 5) is 40.4. The molecule has 3 amide bonds. The molecule has 1 aliphatic rings. The van der Waals surface area contributed by atoms with Crippen molar-refractivity contribution in [3.8, 4) is 0 Å². The minimum absolute atomic E-state index is 0.0308. The molecule has 9 nitrogen and oxygen atoms in total. The number of aliphatic hydroxyl groups excluding tert-OH is 1. The Labute approximate surface area is 313 Å². The summed E-state index contributed by atoms with van der Waals surface area (Å²) in [6, 6.07) is 8.76. The highest BCUT2D eigenvalue weighted by Gasteiger charge is 2.67. The fourth-order valence-corrected chi connectivity index (χ4v) is 6.33. The van der Waals surface area contributed by atoms with Crippen molar-refractivity contribution < 1.29 is 37.7 Å². The highest BCUT2D eigenvalue weighted by atomic mass is 35.5. The summed E-state index contributed by atoms with van der Waals surface area (Å²) in [6.45, 7) is 11.0. The van der Waals surface area contributed by atoms with Crippen LogP contribution < -0.4 is 15.5 Å². The van der Waals surface area contributed by atoms with Gasteiger partial charge in [0.25, 0.3) is 5.91 Å². The van der Waals surface area contributed by atoms with Gasteiger partial charge in [-0.25, -0.2) is 18.5 Å². The van der Waals surface area contributed by atoms with E-state index in [1.807, 2.05) is 0 Å². The largest absolute Gasteiger partial charge is 0.443 e. The fraction of sp³-hybridized carbons (Fsp3) is 0.382. The first-order valence-corrected chi connectivity index (χ1v) is 16.9. The number of halogens is 7. The Bertz CT molecular complexity index is 1850. The normalized spacial score (nSPS) is 17.5. The van der Waals surface area contributed by atoms with E-state index in [4.69, 9.17) is 67.5 Å². The van der Waals surface area contributed by atoms with Crippen LogP contribution in [0.5, 0.6) is 0 Å². The van der Waals surface area contributed by atoms with Crippen LogP contribution in [-0.2, 0) is 14.3 Å². The van der Waals surface area contributed by atoms with Gasteiger partial charge in [0.2, 0.25) is 12.3 Å². The number of carbonyl (C=O) groups excluding carboxylic acids is 3. The molecule has 0 spiro atoms. The van der Waals surface area contributed by atoms with Gasteiger partial charge in [-0.2, -0.15) is 0 Å². The zero-order chi connectivity index (χ0) is 37.7. The number of amides is 3. The van der Waals surface area contributed by atoms with Crippen molar-refractivity contribution in [2.24, 2.45) is 5.92 Å². The Kier molecular flexibility index (Phi) is 11.7. The number of benzene rings is 3. The molecular formula is C34H34Cl5F2N3O6. The van der Waals surface area contributed by atoms with Gasteiger partial charge in [-0.3, -0.25) is 9.59 Å². The van der Waals surface area contributed by atoms with Crippen LogP contribution in [0.2, 0.25) is 15.1 Å². The summed E-state index contributed by atoms with van der Waals surface area (Å²) >= 11 is 31.6. The van der Waals surface area contributed by atoms with E-state index in [0.717, 1.165) is 6.07 Å². The lowest BCUT2D eigenvalue weighted by molar-refractivity contribution is -0.163. The molecule has 270 valence electrons. The van der Waals surface area contributed by atoms with Crippen molar-refractivity contribution in [1.82, 2.24) is 0 Å². The lowest BCUT2D eigenvalue weighted by atomic mass is 10.1. The summed E-state index contributed by atoms with van der Waals surface area (Å²) in [5.74, 6) is -5.50. The number of nitrogens with one attached hydrogen (secondary N) is 2. The molecule has 1 fully saturated rings. The van der Waals surface area contributed by atoms with Crippen LogP contribution in [0.3, 0.4) is 0 Å². The van der Waals surface area contributed by atoms with E-state index in [-0.39, 0.29) is 21.3 Å². The lowest BCUT2D eigenvalue weighted by Crippen LogP contribution is -2.48. The van der Waals surface area contributed by atoms with Crippen molar-refractivity contribution in [2.75, 3.05) is 15.5 Å². The van der Waals surface area contributed by atoms with E-state index in [2.05, 4.69) is 10.6 Å². The van der Waals surface area contributed by atoms with E-state index in [1.165, 1.54) is 12.1 Å². The van der Waals surface area contributed by atoms with E-state index >= 15 is 8.78 Å². The second-order valence-electron chi connectivity index (χ2n) is 13.6. The maximum absolute atomic E-state index is 15.3. The number of aliphatic hydroxyl groups is 1. The third-order valence-electron chi connectivity index (χ3n) is 7.22. The summed E-state index contributed by atoms with van der Waals surface area (Å²) in [7, 11) is 0. The maximum Gasteiger partial charge on any atom is 0.418 e. The number of rotatable bonds is 8. The molecule has 3 aromatic carbocycles. The van der Waals surface area contributed by atoms with Crippen molar-refractivity contribution in [3.63, 3.8) is 0 Å². The molecule has 3 aromatic rings. The minimum atomic E-state index is -2.08. The highest BCUT2D eigenvalue weighted by Crippen LogP contribution is 2.65. The first-order valence-electron chi connectivity index (χ1n) is 15.0. The summed E-state index contributed by atoms with van der Waals surface area (Å²) in [6.07, 6.45) is -3.29. The number of nitrogens with zero attached hydrogens (tertiary/aromatic N) is 1. The van der Waals surface area contributed by atoms with Gasteiger partial charge < -0.3 is 25.2 Å². The molecule has 3 atom stereocenters. The van der Waals surface area contributed by atoms with Gasteiger partial charge in [0.05, 0.1) is 43.5 Å². The molecule has 1 unspecified atom stereocenters.